The molecule has 0 radical (unpaired) electrons. The molecule has 0 saturated heterocycles. The third-order valence-corrected chi connectivity index (χ3v) is 14.5. The summed E-state index contributed by atoms with van der Waals surface area (Å²) in [6.45, 7) is 9.08. The normalized spacial score (nSPS) is 12.0. The Hall–Kier alpha value is -1.59. The molecule has 0 saturated carbocycles. The first kappa shape index (κ1) is 67.4. The van der Waals surface area contributed by atoms with Crippen molar-refractivity contribution in [3.8, 4) is 0 Å². The van der Waals surface area contributed by atoms with Crippen LogP contribution < -0.4 is 0 Å². The number of rotatable bonds is 58. The fourth-order valence-electron chi connectivity index (χ4n) is 9.81. The van der Waals surface area contributed by atoms with Gasteiger partial charge in [-0.2, -0.15) is 0 Å². The highest BCUT2D eigenvalue weighted by atomic mass is 16.6. The van der Waals surface area contributed by atoms with Crippen LogP contribution in [0.3, 0.4) is 0 Å². The minimum atomic E-state index is -0.763. The van der Waals surface area contributed by atoms with Crippen molar-refractivity contribution in [3.05, 3.63) is 0 Å². The number of hydrogen-bond donors (Lipinski definition) is 0. The zero-order chi connectivity index (χ0) is 50.2. The van der Waals surface area contributed by atoms with E-state index in [0.29, 0.717) is 19.3 Å². The highest BCUT2D eigenvalue weighted by molar-refractivity contribution is 5.71. The van der Waals surface area contributed by atoms with E-state index in [1.54, 1.807) is 0 Å². The summed E-state index contributed by atoms with van der Waals surface area (Å²) in [7, 11) is 0. The molecule has 1 atom stereocenters. The third-order valence-electron chi connectivity index (χ3n) is 14.5. The first-order valence-corrected chi connectivity index (χ1v) is 31.4. The molecule has 0 bridgehead atoms. The van der Waals surface area contributed by atoms with Gasteiger partial charge >= 0.3 is 17.9 Å². The van der Waals surface area contributed by atoms with Crippen molar-refractivity contribution < 1.29 is 28.6 Å². The smallest absolute Gasteiger partial charge is 0.306 e. The van der Waals surface area contributed by atoms with Crippen LogP contribution in [0, 0.1) is 5.92 Å². The van der Waals surface area contributed by atoms with Gasteiger partial charge in [0.15, 0.2) is 6.10 Å². The maximum Gasteiger partial charge on any atom is 0.306 e. The minimum Gasteiger partial charge on any atom is -0.462 e. The number of carbonyl (C=O) groups excluding carboxylic acids is 3. The van der Waals surface area contributed by atoms with Crippen LogP contribution in [-0.4, -0.2) is 37.2 Å². The molecule has 0 aromatic rings. The predicted octanol–water partition coefficient (Wildman–Crippen LogP) is 21.0. The molecule has 6 heteroatoms. The van der Waals surface area contributed by atoms with Gasteiger partial charge in [-0.25, -0.2) is 0 Å². The Labute approximate surface area is 431 Å². The van der Waals surface area contributed by atoms with Crippen molar-refractivity contribution in [2.45, 2.75) is 368 Å². The van der Waals surface area contributed by atoms with Crippen molar-refractivity contribution in [2.75, 3.05) is 13.2 Å². The zero-order valence-electron chi connectivity index (χ0n) is 47.3. The van der Waals surface area contributed by atoms with Crippen molar-refractivity contribution in [3.63, 3.8) is 0 Å². The van der Waals surface area contributed by atoms with E-state index in [4.69, 9.17) is 14.2 Å². The molecule has 0 aromatic carbocycles. The van der Waals surface area contributed by atoms with E-state index in [1.165, 1.54) is 257 Å². The van der Waals surface area contributed by atoms with Crippen LogP contribution in [-0.2, 0) is 28.6 Å². The Kier molecular flexibility index (Phi) is 56.0. The summed E-state index contributed by atoms with van der Waals surface area (Å²) in [5.41, 5.74) is 0. The molecule has 0 fully saturated rings. The van der Waals surface area contributed by atoms with Crippen LogP contribution in [0.5, 0.6) is 0 Å². The SMILES string of the molecule is CCCCCCCCCCCCCCCCCCCCCC(=O)OC[C@H](COC(=O)CCCCCCCCCCCCCCCCCC)OC(=O)CCCCCCCCCCCCCCCC(C)C. The summed E-state index contributed by atoms with van der Waals surface area (Å²) in [5, 5.41) is 0. The first-order chi connectivity index (χ1) is 33.9. The average molecular weight is 976 g/mol. The van der Waals surface area contributed by atoms with Gasteiger partial charge in [-0.05, 0) is 25.2 Å². The maximum absolute atomic E-state index is 12.9. The molecule has 0 N–H and O–H groups in total. The molecule has 0 aliphatic carbocycles. The fraction of sp³-hybridized carbons (Fsp3) is 0.952. The van der Waals surface area contributed by atoms with Crippen LogP contribution in [0.2, 0.25) is 0 Å². The van der Waals surface area contributed by atoms with E-state index in [0.717, 1.165) is 63.7 Å². The molecular formula is C63H122O6. The summed E-state index contributed by atoms with van der Waals surface area (Å²) in [6, 6.07) is 0. The van der Waals surface area contributed by atoms with Crippen molar-refractivity contribution >= 4 is 17.9 Å². The number of unbranched alkanes of at least 4 members (excludes halogenated alkanes) is 45. The van der Waals surface area contributed by atoms with Gasteiger partial charge in [0, 0.05) is 19.3 Å². The highest BCUT2D eigenvalue weighted by Gasteiger charge is 2.19. The summed E-state index contributed by atoms with van der Waals surface area (Å²) < 4.78 is 16.9. The predicted molar refractivity (Wildman–Crippen MR) is 298 cm³/mol. The lowest BCUT2D eigenvalue weighted by Crippen LogP contribution is -2.30. The molecule has 69 heavy (non-hydrogen) atoms. The summed E-state index contributed by atoms with van der Waals surface area (Å²) in [4.78, 5) is 38.3. The second-order valence-electron chi connectivity index (χ2n) is 22.2. The standard InChI is InChI=1S/C63H122O6/c1-5-7-9-11-13-15-17-19-21-23-24-25-27-31-35-39-43-47-51-55-62(65)68-58-60(69-63(66)56-52-48-44-40-36-32-28-29-33-37-41-45-49-53-59(3)4)57-67-61(64)54-50-46-42-38-34-30-26-22-20-18-16-14-12-10-8-6-2/h59-60H,5-58H2,1-4H3/t60-/m0/s1. The number of esters is 3. The molecule has 6 nitrogen and oxygen atoms in total. The lowest BCUT2D eigenvalue weighted by molar-refractivity contribution is -0.167. The van der Waals surface area contributed by atoms with Crippen LogP contribution in [0.4, 0.5) is 0 Å². The molecule has 0 aromatic heterocycles. The van der Waals surface area contributed by atoms with Gasteiger partial charge in [0.05, 0.1) is 0 Å². The van der Waals surface area contributed by atoms with Gasteiger partial charge in [0.1, 0.15) is 13.2 Å². The quantitative estimate of drug-likeness (QED) is 0.0343. The van der Waals surface area contributed by atoms with E-state index in [9.17, 15) is 14.4 Å². The molecule has 410 valence electrons. The molecular weight excluding hydrogens is 853 g/mol. The Morgan fingerprint density at radius 3 is 0.710 bits per heavy atom. The van der Waals surface area contributed by atoms with Crippen LogP contribution in [0.1, 0.15) is 362 Å². The second-order valence-corrected chi connectivity index (χ2v) is 22.2. The third kappa shape index (κ3) is 57.2. The van der Waals surface area contributed by atoms with E-state index >= 15 is 0 Å². The molecule has 0 rings (SSSR count). The van der Waals surface area contributed by atoms with Crippen molar-refractivity contribution in [2.24, 2.45) is 5.92 Å². The Balaban J connectivity index is 4.28. The maximum atomic E-state index is 12.9. The van der Waals surface area contributed by atoms with Crippen LogP contribution in [0.25, 0.3) is 0 Å². The Morgan fingerprint density at radius 1 is 0.275 bits per heavy atom. The minimum absolute atomic E-state index is 0.0613. The average Bonchev–Trinajstić information content (AvgIpc) is 3.34. The second kappa shape index (κ2) is 57.3. The lowest BCUT2D eigenvalue weighted by Gasteiger charge is -2.18. The molecule has 0 spiro atoms. The molecule has 0 heterocycles. The monoisotopic (exact) mass is 975 g/mol. The summed E-state index contributed by atoms with van der Waals surface area (Å²) >= 11 is 0. The largest absolute Gasteiger partial charge is 0.462 e. The highest BCUT2D eigenvalue weighted by Crippen LogP contribution is 2.19. The van der Waals surface area contributed by atoms with Crippen LogP contribution in [0.15, 0.2) is 0 Å². The topological polar surface area (TPSA) is 78.9 Å². The van der Waals surface area contributed by atoms with Crippen LogP contribution >= 0.6 is 0 Å². The molecule has 0 aliphatic rings. The molecule has 0 amide bonds. The van der Waals surface area contributed by atoms with E-state index in [1.807, 2.05) is 0 Å². The van der Waals surface area contributed by atoms with E-state index < -0.39 is 6.10 Å². The number of carbonyl (C=O) groups is 3. The zero-order valence-corrected chi connectivity index (χ0v) is 47.3. The summed E-state index contributed by atoms with van der Waals surface area (Å²) in [5.74, 6) is 0.00901. The van der Waals surface area contributed by atoms with Gasteiger partial charge in [0.2, 0.25) is 0 Å². The van der Waals surface area contributed by atoms with Crippen molar-refractivity contribution in [1.29, 1.82) is 0 Å². The van der Waals surface area contributed by atoms with Gasteiger partial charge in [-0.15, -0.1) is 0 Å². The van der Waals surface area contributed by atoms with Crippen molar-refractivity contribution in [1.82, 2.24) is 0 Å². The lowest BCUT2D eigenvalue weighted by atomic mass is 10.0. The number of ether oxygens (including phenoxy) is 3. The Bertz CT molecular complexity index is 1040. The van der Waals surface area contributed by atoms with Gasteiger partial charge in [0.25, 0.3) is 0 Å². The van der Waals surface area contributed by atoms with Gasteiger partial charge in [-0.3, -0.25) is 14.4 Å². The molecule has 0 unspecified atom stereocenters. The van der Waals surface area contributed by atoms with E-state index in [-0.39, 0.29) is 31.1 Å². The fourth-order valence-corrected chi connectivity index (χ4v) is 9.81. The van der Waals surface area contributed by atoms with Gasteiger partial charge < -0.3 is 14.2 Å². The number of hydrogen-bond acceptors (Lipinski definition) is 6. The summed E-state index contributed by atoms with van der Waals surface area (Å²) in [6.07, 6.45) is 63.9. The molecule has 0 aliphatic heterocycles. The Morgan fingerprint density at radius 2 is 0.478 bits per heavy atom. The van der Waals surface area contributed by atoms with E-state index in [2.05, 4.69) is 27.7 Å². The van der Waals surface area contributed by atoms with Gasteiger partial charge in [-0.1, -0.05) is 323 Å². The first-order valence-electron chi connectivity index (χ1n) is 31.4.